The van der Waals surface area contributed by atoms with Crippen LogP contribution in [0, 0.1) is 5.92 Å². The number of hydrogen-bond donors (Lipinski definition) is 2. The van der Waals surface area contributed by atoms with Gasteiger partial charge in [0, 0.05) is 24.4 Å². The number of rotatable bonds is 9. The molecule has 6 heteroatoms. The van der Waals surface area contributed by atoms with Gasteiger partial charge in [0.25, 0.3) is 0 Å². The van der Waals surface area contributed by atoms with Gasteiger partial charge in [-0.1, -0.05) is 13.0 Å². The molecule has 3 heterocycles. The van der Waals surface area contributed by atoms with Gasteiger partial charge in [0.15, 0.2) is 5.96 Å². The van der Waals surface area contributed by atoms with Crippen LogP contribution in [-0.4, -0.2) is 43.6 Å². The third kappa shape index (κ3) is 7.39. The lowest BCUT2D eigenvalue weighted by Crippen LogP contribution is -2.40. The third-order valence-corrected chi connectivity index (χ3v) is 5.90. The maximum atomic E-state index is 5.40. The van der Waals surface area contributed by atoms with E-state index in [1.54, 1.807) is 17.6 Å². The van der Waals surface area contributed by atoms with Gasteiger partial charge >= 0.3 is 0 Å². The van der Waals surface area contributed by atoms with Crippen LogP contribution in [-0.2, 0) is 13.0 Å². The van der Waals surface area contributed by atoms with Gasteiger partial charge in [0.2, 0.25) is 0 Å². The lowest BCUT2D eigenvalue weighted by atomic mass is 9.99. The molecule has 27 heavy (non-hydrogen) atoms. The second-order valence-corrected chi connectivity index (χ2v) is 8.34. The smallest absolute Gasteiger partial charge is 0.191 e. The van der Waals surface area contributed by atoms with E-state index in [4.69, 9.17) is 9.41 Å². The number of likely N-dealkylation sites (tertiary alicyclic amines) is 1. The second-order valence-electron chi connectivity index (χ2n) is 7.30. The van der Waals surface area contributed by atoms with Crippen LogP contribution in [0.1, 0.15) is 36.8 Å². The topological polar surface area (TPSA) is 52.8 Å². The zero-order valence-electron chi connectivity index (χ0n) is 16.3. The summed E-state index contributed by atoms with van der Waals surface area (Å²) in [6, 6.07) is 8.15. The van der Waals surface area contributed by atoms with Gasteiger partial charge < -0.3 is 20.0 Å². The van der Waals surface area contributed by atoms with E-state index < -0.39 is 0 Å². The number of aliphatic imine (C=N–C) groups is 1. The van der Waals surface area contributed by atoms with Crippen molar-refractivity contribution < 1.29 is 4.42 Å². The minimum atomic E-state index is 0.720. The molecule has 3 rings (SSSR count). The molecule has 0 radical (unpaired) electrons. The van der Waals surface area contributed by atoms with Gasteiger partial charge in [-0.05, 0) is 68.4 Å². The van der Waals surface area contributed by atoms with E-state index in [0.29, 0.717) is 0 Å². The van der Waals surface area contributed by atoms with Crippen LogP contribution in [0.15, 0.2) is 45.3 Å². The first-order chi connectivity index (χ1) is 13.3. The first-order valence-corrected chi connectivity index (χ1v) is 11.0. The van der Waals surface area contributed by atoms with Crippen molar-refractivity contribution >= 4 is 17.3 Å². The van der Waals surface area contributed by atoms with E-state index in [2.05, 4.69) is 40.0 Å². The summed E-state index contributed by atoms with van der Waals surface area (Å²) in [5.41, 5.74) is 0. The highest BCUT2D eigenvalue weighted by Gasteiger charge is 2.14. The van der Waals surface area contributed by atoms with Crippen molar-refractivity contribution in [2.24, 2.45) is 10.9 Å². The molecule has 0 atom stereocenters. The van der Waals surface area contributed by atoms with E-state index in [-0.39, 0.29) is 0 Å². The Balaban J connectivity index is 1.40. The van der Waals surface area contributed by atoms with E-state index in [9.17, 15) is 0 Å². The Bertz CT molecular complexity index is 646. The van der Waals surface area contributed by atoms with Crippen LogP contribution >= 0.6 is 11.3 Å². The fraction of sp³-hybridized carbons (Fsp3) is 0.571. The van der Waals surface area contributed by atoms with Crippen molar-refractivity contribution in [1.29, 1.82) is 0 Å². The summed E-state index contributed by atoms with van der Waals surface area (Å²) in [6.45, 7) is 8.52. The number of nitrogens with zero attached hydrogens (tertiary/aromatic N) is 2. The van der Waals surface area contributed by atoms with Gasteiger partial charge in [-0.3, -0.25) is 0 Å². The van der Waals surface area contributed by atoms with Crippen molar-refractivity contribution in [3.05, 3.63) is 46.5 Å². The summed E-state index contributed by atoms with van der Waals surface area (Å²) in [7, 11) is 0. The maximum Gasteiger partial charge on any atom is 0.191 e. The summed E-state index contributed by atoms with van der Waals surface area (Å²) in [5.74, 6) is 2.79. The average Bonchev–Trinajstić information content (AvgIpc) is 3.38. The van der Waals surface area contributed by atoms with Crippen molar-refractivity contribution in [3.63, 3.8) is 0 Å². The van der Waals surface area contributed by atoms with E-state index in [1.165, 1.54) is 37.4 Å². The monoisotopic (exact) mass is 388 g/mol. The van der Waals surface area contributed by atoms with Gasteiger partial charge in [-0.15, -0.1) is 11.3 Å². The van der Waals surface area contributed by atoms with Gasteiger partial charge in [0.1, 0.15) is 5.76 Å². The maximum absolute atomic E-state index is 5.40. The Morgan fingerprint density at radius 1 is 1.22 bits per heavy atom. The number of nitrogens with one attached hydrogen (secondary N) is 2. The van der Waals surface area contributed by atoms with Crippen LogP contribution in [0.2, 0.25) is 0 Å². The highest BCUT2D eigenvalue weighted by atomic mass is 32.1. The van der Waals surface area contributed by atoms with Crippen LogP contribution in [0.25, 0.3) is 0 Å². The van der Waals surface area contributed by atoms with Crippen molar-refractivity contribution in [1.82, 2.24) is 15.5 Å². The Morgan fingerprint density at radius 2 is 2.07 bits per heavy atom. The predicted molar refractivity (Wildman–Crippen MR) is 113 cm³/mol. The number of thiophene rings is 1. The number of hydrogen-bond acceptors (Lipinski definition) is 4. The Kier molecular flexibility index (Phi) is 8.24. The summed E-state index contributed by atoms with van der Waals surface area (Å²) in [6.07, 6.45) is 6.41. The molecule has 1 aliphatic heterocycles. The van der Waals surface area contributed by atoms with Crippen LogP contribution in [0.5, 0.6) is 0 Å². The summed E-state index contributed by atoms with van der Waals surface area (Å²) in [5, 5.41) is 9.03. The summed E-state index contributed by atoms with van der Waals surface area (Å²) >= 11 is 1.75. The van der Waals surface area contributed by atoms with Crippen LogP contribution in [0.4, 0.5) is 0 Å². The Labute approximate surface area is 166 Å². The minimum absolute atomic E-state index is 0.720. The quantitative estimate of drug-likeness (QED) is 0.390. The lowest BCUT2D eigenvalue weighted by Gasteiger charge is -2.30. The van der Waals surface area contributed by atoms with Crippen molar-refractivity contribution in [2.45, 2.75) is 39.2 Å². The molecule has 148 valence electrons. The molecule has 5 nitrogen and oxygen atoms in total. The predicted octanol–water partition coefficient (Wildman–Crippen LogP) is 3.74. The largest absolute Gasteiger partial charge is 0.469 e. The first kappa shape index (κ1) is 20.0. The molecule has 1 fully saturated rings. The minimum Gasteiger partial charge on any atom is -0.469 e. The Morgan fingerprint density at radius 3 is 2.81 bits per heavy atom. The SMILES string of the molecule is CC1CCN(CCCNC(=NCc2cccs2)NCCc2ccco2)CC1. The van der Waals surface area contributed by atoms with Gasteiger partial charge in [-0.2, -0.15) is 0 Å². The molecule has 0 aromatic carbocycles. The molecule has 2 N–H and O–H groups in total. The van der Waals surface area contributed by atoms with E-state index >= 15 is 0 Å². The highest BCUT2D eigenvalue weighted by molar-refractivity contribution is 7.09. The fourth-order valence-electron chi connectivity index (χ4n) is 3.29. The number of piperidine rings is 1. The molecule has 0 saturated carbocycles. The zero-order chi connectivity index (χ0) is 18.7. The first-order valence-electron chi connectivity index (χ1n) is 10.1. The van der Waals surface area contributed by atoms with Crippen molar-refractivity contribution in [2.75, 3.05) is 32.7 Å². The van der Waals surface area contributed by atoms with Crippen LogP contribution < -0.4 is 10.6 Å². The average molecular weight is 389 g/mol. The lowest BCUT2D eigenvalue weighted by molar-refractivity contribution is 0.191. The summed E-state index contributed by atoms with van der Waals surface area (Å²) in [4.78, 5) is 8.61. The third-order valence-electron chi connectivity index (χ3n) is 5.04. The Hall–Kier alpha value is -1.79. The van der Waals surface area contributed by atoms with E-state index in [1.807, 2.05) is 12.1 Å². The number of furan rings is 1. The molecule has 0 bridgehead atoms. The molecule has 0 unspecified atom stereocenters. The molecule has 2 aromatic rings. The molecule has 0 spiro atoms. The molecule has 2 aromatic heterocycles. The molecule has 1 aliphatic rings. The normalized spacial score (nSPS) is 16.6. The van der Waals surface area contributed by atoms with E-state index in [0.717, 1.165) is 50.1 Å². The molecule has 0 amide bonds. The summed E-state index contributed by atoms with van der Waals surface area (Å²) < 4.78 is 5.40. The fourth-order valence-corrected chi connectivity index (χ4v) is 3.92. The number of guanidine groups is 1. The van der Waals surface area contributed by atoms with Crippen molar-refractivity contribution in [3.8, 4) is 0 Å². The molecule has 0 aliphatic carbocycles. The highest BCUT2D eigenvalue weighted by Crippen LogP contribution is 2.15. The standard InChI is InChI=1S/C21H32N4OS/c1-18-8-13-25(14-9-18)12-4-10-22-21(24-17-20-6-3-16-27-20)23-11-7-19-5-2-15-26-19/h2-3,5-6,15-16,18H,4,7-14,17H2,1H3,(H2,22,23,24). The van der Waals surface area contributed by atoms with Gasteiger partial charge in [0.05, 0.1) is 12.8 Å². The molecular formula is C21H32N4OS. The zero-order valence-corrected chi connectivity index (χ0v) is 17.1. The molecule has 1 saturated heterocycles. The molecular weight excluding hydrogens is 356 g/mol. The second kappa shape index (κ2) is 11.1. The van der Waals surface area contributed by atoms with Crippen LogP contribution in [0.3, 0.4) is 0 Å². The van der Waals surface area contributed by atoms with Gasteiger partial charge in [-0.25, -0.2) is 4.99 Å².